The summed E-state index contributed by atoms with van der Waals surface area (Å²) in [5, 5.41) is 10.7. The Morgan fingerprint density at radius 1 is 1.43 bits per heavy atom. The highest BCUT2D eigenvalue weighted by Gasteiger charge is 2.29. The largest absolute Gasteiger partial charge is 0.405 e. The third-order valence-corrected chi connectivity index (χ3v) is 4.02. The number of alkyl halides is 3. The van der Waals surface area contributed by atoms with Gasteiger partial charge in [0.15, 0.2) is 0 Å². The van der Waals surface area contributed by atoms with Gasteiger partial charge >= 0.3 is 6.18 Å². The van der Waals surface area contributed by atoms with Crippen molar-refractivity contribution in [3.63, 3.8) is 0 Å². The summed E-state index contributed by atoms with van der Waals surface area (Å²) in [7, 11) is 0. The third kappa shape index (κ3) is 3.42. The number of carbonyl (C=O) groups excluding carboxylic acids is 1. The molecule has 1 aromatic heterocycles. The third-order valence-electron chi connectivity index (χ3n) is 3.70. The number of halogens is 4. The molecule has 1 aliphatic heterocycles. The fourth-order valence-electron chi connectivity index (χ4n) is 2.49. The number of fused-ring (bicyclic) bond motifs is 1. The molecular formula is C14H14ClF3N4O. The summed E-state index contributed by atoms with van der Waals surface area (Å²) in [5.41, 5.74) is 1.41. The van der Waals surface area contributed by atoms with E-state index < -0.39 is 18.6 Å². The molecule has 1 aliphatic rings. The van der Waals surface area contributed by atoms with Crippen LogP contribution in [0.3, 0.4) is 0 Å². The molecule has 0 unspecified atom stereocenters. The van der Waals surface area contributed by atoms with E-state index in [4.69, 9.17) is 11.6 Å². The van der Waals surface area contributed by atoms with Crippen molar-refractivity contribution in [2.24, 2.45) is 0 Å². The number of nitrogens with one attached hydrogen (secondary N) is 2. The highest BCUT2D eigenvalue weighted by molar-refractivity contribution is 6.35. The van der Waals surface area contributed by atoms with E-state index in [0.717, 1.165) is 24.2 Å². The van der Waals surface area contributed by atoms with Gasteiger partial charge in [0.05, 0.1) is 16.2 Å². The lowest BCUT2D eigenvalue weighted by Crippen LogP contribution is -2.40. The van der Waals surface area contributed by atoms with Crippen LogP contribution in [0.5, 0.6) is 0 Å². The molecule has 1 saturated heterocycles. The highest BCUT2D eigenvalue weighted by Crippen LogP contribution is 2.32. The van der Waals surface area contributed by atoms with Crippen molar-refractivity contribution in [3.8, 4) is 0 Å². The van der Waals surface area contributed by atoms with Crippen molar-refractivity contribution in [2.75, 3.05) is 19.6 Å². The summed E-state index contributed by atoms with van der Waals surface area (Å²) in [5.74, 6) is -0.554. The fraction of sp³-hybridized carbons (Fsp3) is 0.429. The maximum Gasteiger partial charge on any atom is 0.405 e. The first-order chi connectivity index (χ1) is 10.8. The van der Waals surface area contributed by atoms with Crippen LogP contribution in [0.15, 0.2) is 18.2 Å². The van der Waals surface area contributed by atoms with Crippen LogP contribution in [0.1, 0.15) is 11.6 Å². The van der Waals surface area contributed by atoms with Crippen LogP contribution in [0.2, 0.25) is 5.02 Å². The van der Waals surface area contributed by atoms with E-state index in [1.165, 1.54) is 4.68 Å². The molecule has 2 aromatic rings. The molecule has 0 spiro atoms. The molecule has 9 heteroatoms. The molecule has 0 aliphatic carbocycles. The smallest absolute Gasteiger partial charge is 0.345 e. The molecule has 23 heavy (non-hydrogen) atoms. The molecule has 1 amide bonds. The summed E-state index contributed by atoms with van der Waals surface area (Å²) in [6.07, 6.45) is -4.44. The van der Waals surface area contributed by atoms with Gasteiger partial charge in [0.2, 0.25) is 5.91 Å². The van der Waals surface area contributed by atoms with E-state index in [9.17, 15) is 18.0 Å². The fourth-order valence-corrected chi connectivity index (χ4v) is 2.76. The van der Waals surface area contributed by atoms with Gasteiger partial charge < -0.3 is 10.6 Å². The number of aromatic nitrogens is 2. The second kappa shape index (κ2) is 6.01. The molecule has 0 atom stereocenters. The summed E-state index contributed by atoms with van der Waals surface area (Å²) in [6.45, 7) is -0.118. The van der Waals surface area contributed by atoms with E-state index in [-0.39, 0.29) is 12.5 Å². The Labute approximate surface area is 134 Å². The normalized spacial score (nSPS) is 15.7. The van der Waals surface area contributed by atoms with E-state index in [1.54, 1.807) is 18.2 Å². The lowest BCUT2D eigenvalue weighted by Gasteiger charge is -2.25. The molecule has 1 aromatic carbocycles. The van der Waals surface area contributed by atoms with Crippen molar-refractivity contribution < 1.29 is 18.0 Å². The van der Waals surface area contributed by atoms with Crippen LogP contribution in [0.25, 0.3) is 10.9 Å². The molecule has 1 fully saturated rings. The van der Waals surface area contributed by atoms with Gasteiger partial charge in [0.25, 0.3) is 0 Å². The molecule has 0 radical (unpaired) electrons. The summed E-state index contributed by atoms with van der Waals surface area (Å²) in [4.78, 5) is 11.7. The van der Waals surface area contributed by atoms with Gasteiger partial charge in [-0.15, -0.1) is 0 Å². The van der Waals surface area contributed by atoms with Gasteiger partial charge in [-0.2, -0.15) is 18.3 Å². The molecular weight excluding hydrogens is 333 g/mol. The minimum Gasteiger partial charge on any atom is -0.345 e. The first-order valence-corrected chi connectivity index (χ1v) is 7.42. The lowest BCUT2D eigenvalue weighted by molar-refractivity contribution is -0.138. The summed E-state index contributed by atoms with van der Waals surface area (Å²) in [6, 6.07) is 5.20. The Kier molecular flexibility index (Phi) is 4.20. The molecule has 2 N–H and O–H groups in total. The van der Waals surface area contributed by atoms with Crippen LogP contribution in [-0.2, 0) is 11.3 Å². The zero-order valence-electron chi connectivity index (χ0n) is 12.0. The van der Waals surface area contributed by atoms with Crippen LogP contribution in [-0.4, -0.2) is 41.5 Å². The van der Waals surface area contributed by atoms with Gasteiger partial charge in [-0.25, -0.2) is 0 Å². The predicted octanol–water partition coefficient (Wildman–Crippen LogP) is 2.06. The van der Waals surface area contributed by atoms with Gasteiger partial charge in [-0.05, 0) is 12.1 Å². The summed E-state index contributed by atoms with van der Waals surface area (Å²) < 4.78 is 37.9. The summed E-state index contributed by atoms with van der Waals surface area (Å²) >= 11 is 6.24. The number of nitrogens with zero attached hydrogens (tertiary/aromatic N) is 2. The maximum atomic E-state index is 12.2. The zero-order chi connectivity index (χ0) is 16.6. The molecule has 5 nitrogen and oxygen atoms in total. The Morgan fingerprint density at radius 3 is 2.78 bits per heavy atom. The SMILES string of the molecule is O=C(Cn1nc(C2CNC2)c2c(Cl)cccc21)NCC(F)(F)F. The number of hydrogen-bond donors (Lipinski definition) is 2. The van der Waals surface area contributed by atoms with Crippen molar-refractivity contribution in [1.29, 1.82) is 0 Å². The van der Waals surface area contributed by atoms with E-state index in [0.29, 0.717) is 10.5 Å². The molecule has 2 heterocycles. The number of rotatable bonds is 4. The molecule has 0 bridgehead atoms. The van der Waals surface area contributed by atoms with E-state index >= 15 is 0 Å². The second-order valence-corrected chi connectivity index (χ2v) is 5.83. The van der Waals surface area contributed by atoms with Crippen molar-refractivity contribution >= 4 is 28.4 Å². The minimum atomic E-state index is -4.44. The first-order valence-electron chi connectivity index (χ1n) is 7.04. The predicted molar refractivity (Wildman–Crippen MR) is 79.4 cm³/mol. The van der Waals surface area contributed by atoms with Gasteiger partial charge in [-0.1, -0.05) is 17.7 Å². The molecule has 3 rings (SSSR count). The molecule has 124 valence electrons. The standard InChI is InChI=1S/C14H14ClF3N4O/c15-9-2-1-3-10-12(9)13(8-4-19-5-8)21-22(10)6-11(23)20-7-14(16,17)18/h1-3,8,19H,4-7H2,(H,20,23). The Morgan fingerprint density at radius 2 is 2.17 bits per heavy atom. The van der Waals surface area contributed by atoms with E-state index in [1.807, 2.05) is 5.32 Å². The number of hydrogen-bond acceptors (Lipinski definition) is 3. The molecule has 0 saturated carbocycles. The van der Waals surface area contributed by atoms with Gasteiger partial charge in [0.1, 0.15) is 13.1 Å². The highest BCUT2D eigenvalue weighted by atomic mass is 35.5. The number of carbonyl (C=O) groups is 1. The average Bonchev–Trinajstić information content (AvgIpc) is 2.74. The minimum absolute atomic E-state index is 0.192. The van der Waals surface area contributed by atoms with E-state index in [2.05, 4.69) is 10.4 Å². The second-order valence-electron chi connectivity index (χ2n) is 5.42. The number of amides is 1. The Bertz CT molecular complexity index is 739. The number of benzene rings is 1. The maximum absolute atomic E-state index is 12.2. The monoisotopic (exact) mass is 346 g/mol. The Balaban J connectivity index is 1.86. The lowest BCUT2D eigenvalue weighted by atomic mass is 9.96. The van der Waals surface area contributed by atoms with Crippen LogP contribution < -0.4 is 10.6 Å². The van der Waals surface area contributed by atoms with Gasteiger partial charge in [0, 0.05) is 24.4 Å². The Hall–Kier alpha value is -1.80. The quantitative estimate of drug-likeness (QED) is 0.891. The topological polar surface area (TPSA) is 59.0 Å². The first kappa shape index (κ1) is 16.1. The van der Waals surface area contributed by atoms with Crippen LogP contribution in [0, 0.1) is 0 Å². The average molecular weight is 347 g/mol. The zero-order valence-corrected chi connectivity index (χ0v) is 12.7. The van der Waals surface area contributed by atoms with Gasteiger partial charge in [-0.3, -0.25) is 9.48 Å². The van der Waals surface area contributed by atoms with Crippen molar-refractivity contribution in [1.82, 2.24) is 20.4 Å². The van der Waals surface area contributed by atoms with Crippen molar-refractivity contribution in [2.45, 2.75) is 18.6 Å². The van der Waals surface area contributed by atoms with Crippen molar-refractivity contribution in [3.05, 3.63) is 28.9 Å². The van der Waals surface area contributed by atoms with Crippen LogP contribution >= 0.6 is 11.6 Å². The van der Waals surface area contributed by atoms with Crippen LogP contribution in [0.4, 0.5) is 13.2 Å².